The van der Waals surface area contributed by atoms with Crippen molar-refractivity contribution in [2.45, 2.75) is 31.6 Å². The third-order valence-electron chi connectivity index (χ3n) is 7.26. The molecule has 0 unspecified atom stereocenters. The van der Waals surface area contributed by atoms with Crippen LogP contribution in [0.3, 0.4) is 0 Å². The second-order valence-corrected chi connectivity index (χ2v) is 12.1. The van der Waals surface area contributed by atoms with Crippen LogP contribution in [0.4, 0.5) is 26.3 Å². The Morgan fingerprint density at radius 2 is 1.72 bits per heavy atom. The van der Waals surface area contributed by atoms with Gasteiger partial charge in [-0.15, -0.1) is 10.2 Å². The number of nitrogens with zero attached hydrogens (tertiary/aromatic N) is 5. The van der Waals surface area contributed by atoms with Crippen LogP contribution in [0.25, 0.3) is 17.2 Å². The van der Waals surface area contributed by atoms with Gasteiger partial charge in [0.15, 0.2) is 5.82 Å². The first-order chi connectivity index (χ1) is 21.9. The molecule has 0 bridgehead atoms. The van der Waals surface area contributed by atoms with E-state index in [4.69, 9.17) is 21.7 Å². The van der Waals surface area contributed by atoms with Crippen molar-refractivity contribution in [3.63, 3.8) is 0 Å². The lowest BCUT2D eigenvalue weighted by Crippen LogP contribution is -2.38. The second-order valence-electron chi connectivity index (χ2n) is 10.5. The number of tetrazole rings is 1. The van der Waals surface area contributed by atoms with Crippen LogP contribution in [-0.2, 0) is 28.3 Å². The summed E-state index contributed by atoms with van der Waals surface area (Å²) in [5.41, 5.74) is -2.82. The Hall–Kier alpha value is -3.54. The number of morpholine rings is 1. The number of thiocarbonyl (C=S) groups is 1. The molecule has 0 radical (unpaired) electrons. The zero-order chi connectivity index (χ0) is 32.9. The van der Waals surface area contributed by atoms with Crippen LogP contribution >= 0.6 is 24.0 Å². The first-order valence-corrected chi connectivity index (χ1v) is 15.5. The molecule has 2 saturated heterocycles. The summed E-state index contributed by atoms with van der Waals surface area (Å²) in [5, 5.41) is 13.6. The van der Waals surface area contributed by atoms with E-state index in [9.17, 15) is 31.1 Å². The van der Waals surface area contributed by atoms with Crippen LogP contribution < -0.4 is 4.74 Å². The van der Waals surface area contributed by atoms with Crippen LogP contribution in [0.2, 0.25) is 0 Å². The van der Waals surface area contributed by atoms with Gasteiger partial charge in [0, 0.05) is 38.2 Å². The fraction of sp³-hybridized carbons (Fsp3) is 0.414. The molecule has 17 heteroatoms. The zero-order valence-electron chi connectivity index (χ0n) is 24.2. The molecule has 5 rings (SSSR count). The van der Waals surface area contributed by atoms with Gasteiger partial charge in [0.05, 0.1) is 29.2 Å². The number of carbonyl (C=O) groups excluding carboxylic acids is 1. The standard InChI is InChI=1S/C29H28F6N6O3S2/c30-28(31,32)20-15-19(16-21(17-20)29(33,34)35)22-13-18(4-5-23(22)44-12-9-40-7-10-43-11-8-40)14-24-26(42)41(27(45)46-24)6-2-1-3-25-36-38-39-37-25/h4-5,13-17H,1-3,6-12H2,(H,36,37,38,39). The van der Waals surface area contributed by atoms with E-state index in [0.717, 1.165) is 11.8 Å². The monoisotopic (exact) mass is 686 g/mol. The lowest BCUT2D eigenvalue weighted by Gasteiger charge is -2.26. The van der Waals surface area contributed by atoms with Crippen LogP contribution in [0.5, 0.6) is 5.75 Å². The number of rotatable bonds is 11. The normalized spacial score (nSPS) is 17.3. The Balaban J connectivity index is 1.41. The van der Waals surface area contributed by atoms with Crippen LogP contribution in [-0.4, -0.2) is 86.7 Å². The van der Waals surface area contributed by atoms with Crippen molar-refractivity contribution in [2.24, 2.45) is 0 Å². The van der Waals surface area contributed by atoms with Gasteiger partial charge in [0.1, 0.15) is 16.7 Å². The predicted octanol–water partition coefficient (Wildman–Crippen LogP) is 5.84. The van der Waals surface area contributed by atoms with E-state index in [1.165, 1.54) is 23.1 Å². The van der Waals surface area contributed by atoms with E-state index in [1.54, 1.807) is 6.07 Å². The number of nitrogens with one attached hydrogen (secondary N) is 1. The fourth-order valence-electron chi connectivity index (χ4n) is 4.89. The smallest absolute Gasteiger partial charge is 0.416 e. The average molecular weight is 687 g/mol. The number of aromatic nitrogens is 4. The number of carbonyl (C=O) groups is 1. The molecule has 0 spiro atoms. The van der Waals surface area contributed by atoms with Crippen LogP contribution in [0.15, 0.2) is 41.3 Å². The number of aryl methyl sites for hydroxylation is 1. The number of amides is 1. The summed E-state index contributed by atoms with van der Waals surface area (Å²) >= 11 is 6.47. The van der Waals surface area contributed by atoms with E-state index in [0.29, 0.717) is 86.5 Å². The molecule has 246 valence electrons. The summed E-state index contributed by atoms with van der Waals surface area (Å²) in [6, 6.07) is 5.89. The molecule has 3 heterocycles. The molecule has 1 amide bonds. The Labute approximate surface area is 269 Å². The summed E-state index contributed by atoms with van der Waals surface area (Å²) in [7, 11) is 0. The molecule has 2 aromatic carbocycles. The van der Waals surface area contributed by atoms with Crippen LogP contribution in [0, 0.1) is 0 Å². The minimum atomic E-state index is -5.02. The lowest BCUT2D eigenvalue weighted by atomic mass is 9.96. The van der Waals surface area contributed by atoms with Gasteiger partial charge in [-0.2, -0.15) is 31.6 Å². The number of ether oxygens (including phenoxy) is 2. The first kappa shape index (κ1) is 33.8. The summed E-state index contributed by atoms with van der Waals surface area (Å²) in [4.78, 5) is 17.0. The Morgan fingerprint density at radius 3 is 2.37 bits per heavy atom. The van der Waals surface area contributed by atoms with Gasteiger partial charge in [-0.3, -0.25) is 14.6 Å². The summed E-state index contributed by atoms with van der Waals surface area (Å²) in [5.74, 6) is 0.310. The molecule has 0 atom stereocenters. The highest BCUT2D eigenvalue weighted by molar-refractivity contribution is 8.26. The molecule has 1 aromatic heterocycles. The molecule has 9 nitrogen and oxygen atoms in total. The van der Waals surface area contributed by atoms with Gasteiger partial charge in [-0.05, 0) is 60.4 Å². The fourth-order valence-corrected chi connectivity index (χ4v) is 6.20. The maximum atomic E-state index is 13.7. The predicted molar refractivity (Wildman–Crippen MR) is 162 cm³/mol. The Kier molecular flexibility index (Phi) is 10.6. The molecule has 0 aliphatic carbocycles. The third-order valence-corrected chi connectivity index (χ3v) is 8.64. The highest BCUT2D eigenvalue weighted by atomic mass is 32.2. The number of thioether (sulfide) groups is 1. The average Bonchev–Trinajstić information content (AvgIpc) is 3.63. The highest BCUT2D eigenvalue weighted by Gasteiger charge is 2.37. The number of alkyl halides is 6. The van der Waals surface area contributed by atoms with E-state index < -0.39 is 23.5 Å². The van der Waals surface area contributed by atoms with E-state index >= 15 is 0 Å². The number of halogens is 6. The molecule has 2 fully saturated rings. The zero-order valence-corrected chi connectivity index (χ0v) is 25.8. The molecule has 3 aromatic rings. The number of hydrogen-bond donors (Lipinski definition) is 1. The first-order valence-electron chi connectivity index (χ1n) is 14.2. The molecule has 46 heavy (non-hydrogen) atoms. The maximum Gasteiger partial charge on any atom is 0.416 e. The number of unbranched alkanes of at least 4 members (excludes halogenated alkanes) is 1. The van der Waals surface area contributed by atoms with Gasteiger partial charge in [0.2, 0.25) is 0 Å². The van der Waals surface area contributed by atoms with Crippen molar-refractivity contribution in [2.75, 3.05) is 46.0 Å². The van der Waals surface area contributed by atoms with Gasteiger partial charge in [-0.25, -0.2) is 0 Å². The second kappa shape index (κ2) is 14.5. The van der Waals surface area contributed by atoms with Crippen molar-refractivity contribution in [3.05, 3.63) is 63.8 Å². The molecule has 0 saturated carbocycles. The van der Waals surface area contributed by atoms with Gasteiger partial charge >= 0.3 is 12.4 Å². The molecule has 1 N–H and O–H groups in total. The summed E-state index contributed by atoms with van der Waals surface area (Å²) in [6.07, 6.45) is -6.67. The third kappa shape index (κ3) is 8.63. The van der Waals surface area contributed by atoms with Crippen molar-refractivity contribution in [1.29, 1.82) is 0 Å². The number of hydrogen-bond acceptors (Lipinski definition) is 9. The van der Waals surface area contributed by atoms with Gasteiger partial charge < -0.3 is 9.47 Å². The van der Waals surface area contributed by atoms with Crippen molar-refractivity contribution >= 4 is 40.3 Å². The highest BCUT2D eigenvalue weighted by Crippen LogP contribution is 2.41. The van der Waals surface area contributed by atoms with Gasteiger partial charge in [-0.1, -0.05) is 35.3 Å². The summed E-state index contributed by atoms with van der Waals surface area (Å²) < 4.78 is 93.9. The topological polar surface area (TPSA) is 96.5 Å². The molecular weight excluding hydrogens is 658 g/mol. The SMILES string of the molecule is O=C1C(=Cc2ccc(OCCN3CCOCC3)c(-c3cc(C(F)(F)F)cc(C(F)(F)F)c3)c2)SC(=S)N1CCCCc1nn[nH]n1. The van der Waals surface area contributed by atoms with Gasteiger partial charge in [0.25, 0.3) is 5.91 Å². The lowest BCUT2D eigenvalue weighted by molar-refractivity contribution is -0.143. The number of aromatic amines is 1. The summed E-state index contributed by atoms with van der Waals surface area (Å²) in [6.45, 7) is 3.43. The number of H-pyrrole nitrogens is 1. The largest absolute Gasteiger partial charge is 0.492 e. The minimum absolute atomic E-state index is 0.0178. The Morgan fingerprint density at radius 1 is 1.00 bits per heavy atom. The van der Waals surface area contributed by atoms with E-state index in [-0.39, 0.29) is 40.4 Å². The minimum Gasteiger partial charge on any atom is -0.492 e. The van der Waals surface area contributed by atoms with Crippen molar-refractivity contribution in [3.8, 4) is 16.9 Å². The van der Waals surface area contributed by atoms with Crippen LogP contribution in [0.1, 0.15) is 35.4 Å². The number of benzene rings is 2. The van der Waals surface area contributed by atoms with Crippen molar-refractivity contribution in [1.82, 2.24) is 30.4 Å². The van der Waals surface area contributed by atoms with E-state index in [2.05, 4.69) is 25.5 Å². The molecular formula is C29H28F6N6O3S2. The van der Waals surface area contributed by atoms with Crippen molar-refractivity contribution < 1.29 is 40.6 Å². The van der Waals surface area contributed by atoms with E-state index in [1.807, 2.05) is 0 Å². The molecule has 2 aliphatic rings. The quantitative estimate of drug-likeness (QED) is 0.116. The Bertz CT molecular complexity index is 1540. The maximum absolute atomic E-state index is 13.7. The molecule has 2 aliphatic heterocycles.